The third-order valence-electron chi connectivity index (χ3n) is 5.67. The predicted molar refractivity (Wildman–Crippen MR) is 144 cm³/mol. The van der Waals surface area contributed by atoms with E-state index >= 15 is 0 Å². The number of nitrogens with zero attached hydrogens (tertiary/aromatic N) is 2. The first-order chi connectivity index (χ1) is 18.2. The second-order valence-electron chi connectivity index (χ2n) is 8.61. The SMILES string of the molecule is O=C(O)CCCCCCOc1ccc(Nc2nc(OCc3ccccc3)cc(-c3ccccc3)n2)cc1. The maximum absolute atomic E-state index is 10.6. The van der Waals surface area contributed by atoms with E-state index in [-0.39, 0.29) is 6.42 Å². The van der Waals surface area contributed by atoms with Gasteiger partial charge in [-0.15, -0.1) is 0 Å². The summed E-state index contributed by atoms with van der Waals surface area (Å²) < 4.78 is 11.8. The first-order valence-electron chi connectivity index (χ1n) is 12.5. The number of hydrogen-bond donors (Lipinski definition) is 2. The van der Waals surface area contributed by atoms with E-state index in [1.165, 1.54) is 0 Å². The van der Waals surface area contributed by atoms with Crippen molar-refractivity contribution >= 4 is 17.6 Å². The third-order valence-corrected chi connectivity index (χ3v) is 5.67. The molecule has 4 rings (SSSR count). The van der Waals surface area contributed by atoms with Crippen LogP contribution in [-0.4, -0.2) is 27.7 Å². The van der Waals surface area contributed by atoms with Crippen molar-refractivity contribution in [2.75, 3.05) is 11.9 Å². The molecule has 4 aromatic rings. The molecule has 0 amide bonds. The molecule has 0 radical (unpaired) electrons. The highest BCUT2D eigenvalue weighted by molar-refractivity contribution is 5.66. The first-order valence-corrected chi connectivity index (χ1v) is 12.5. The summed E-state index contributed by atoms with van der Waals surface area (Å²) in [5.74, 6) is 0.975. The van der Waals surface area contributed by atoms with Gasteiger partial charge >= 0.3 is 5.97 Å². The molecule has 3 aromatic carbocycles. The van der Waals surface area contributed by atoms with Crippen molar-refractivity contribution in [1.29, 1.82) is 0 Å². The third kappa shape index (κ3) is 8.65. The monoisotopic (exact) mass is 497 g/mol. The largest absolute Gasteiger partial charge is 0.494 e. The topological polar surface area (TPSA) is 93.6 Å². The summed E-state index contributed by atoms with van der Waals surface area (Å²) in [5.41, 5.74) is 3.64. The predicted octanol–water partition coefficient (Wildman–Crippen LogP) is 6.88. The molecule has 0 spiro atoms. The molecule has 0 unspecified atom stereocenters. The standard InChI is InChI=1S/C30H31N3O4/c34-29(35)15-9-1-2-10-20-36-26-18-16-25(17-19-26)31-30-32-27(24-13-7-4-8-14-24)21-28(33-30)37-22-23-11-5-3-6-12-23/h3-8,11-14,16-19,21H,1-2,9-10,15,20,22H2,(H,34,35)(H,31,32,33). The summed E-state index contributed by atoms with van der Waals surface area (Å²) in [6.45, 7) is 1.02. The van der Waals surface area contributed by atoms with Gasteiger partial charge in [-0.05, 0) is 42.7 Å². The highest BCUT2D eigenvalue weighted by Crippen LogP contribution is 2.25. The molecule has 7 heteroatoms. The van der Waals surface area contributed by atoms with Gasteiger partial charge in [0.05, 0.1) is 12.3 Å². The van der Waals surface area contributed by atoms with Crippen LogP contribution in [0.1, 0.15) is 37.7 Å². The highest BCUT2D eigenvalue weighted by atomic mass is 16.5. The van der Waals surface area contributed by atoms with Crippen LogP contribution in [-0.2, 0) is 11.4 Å². The van der Waals surface area contributed by atoms with Gasteiger partial charge < -0.3 is 19.9 Å². The second kappa shape index (κ2) is 13.6. The smallest absolute Gasteiger partial charge is 0.303 e. The van der Waals surface area contributed by atoms with Crippen molar-refractivity contribution in [3.05, 3.63) is 96.6 Å². The Balaban J connectivity index is 1.37. The Kier molecular flexibility index (Phi) is 9.47. The molecule has 37 heavy (non-hydrogen) atoms. The number of carboxylic acid groups (broad SMARTS) is 1. The van der Waals surface area contributed by atoms with Gasteiger partial charge in [-0.1, -0.05) is 73.5 Å². The van der Waals surface area contributed by atoms with E-state index in [0.29, 0.717) is 31.5 Å². The summed E-state index contributed by atoms with van der Waals surface area (Å²) in [6.07, 6.45) is 3.69. The molecule has 0 atom stereocenters. The number of nitrogens with one attached hydrogen (secondary N) is 1. The summed E-state index contributed by atoms with van der Waals surface area (Å²) in [6, 6.07) is 29.4. The minimum Gasteiger partial charge on any atom is -0.494 e. The number of rotatable bonds is 14. The van der Waals surface area contributed by atoms with Gasteiger partial charge in [0.1, 0.15) is 12.4 Å². The molecule has 0 aliphatic rings. The molecular weight excluding hydrogens is 466 g/mol. The van der Waals surface area contributed by atoms with E-state index < -0.39 is 5.97 Å². The van der Waals surface area contributed by atoms with Crippen LogP contribution in [0.15, 0.2) is 91.0 Å². The Morgan fingerprint density at radius 1 is 0.784 bits per heavy atom. The molecule has 0 saturated carbocycles. The van der Waals surface area contributed by atoms with Crippen LogP contribution >= 0.6 is 0 Å². The Labute approximate surface area is 217 Å². The van der Waals surface area contributed by atoms with Crippen LogP contribution in [0.3, 0.4) is 0 Å². The van der Waals surface area contributed by atoms with Gasteiger partial charge in [-0.2, -0.15) is 4.98 Å². The van der Waals surface area contributed by atoms with Gasteiger partial charge in [0.15, 0.2) is 0 Å². The Hall–Kier alpha value is -4.39. The van der Waals surface area contributed by atoms with E-state index in [1.807, 2.05) is 91.0 Å². The minimum atomic E-state index is -0.738. The van der Waals surface area contributed by atoms with Crippen molar-refractivity contribution in [3.63, 3.8) is 0 Å². The lowest BCUT2D eigenvalue weighted by molar-refractivity contribution is -0.137. The lowest BCUT2D eigenvalue weighted by Gasteiger charge is -2.12. The number of anilines is 2. The van der Waals surface area contributed by atoms with Crippen LogP contribution < -0.4 is 14.8 Å². The van der Waals surface area contributed by atoms with Gasteiger partial charge in [0.2, 0.25) is 11.8 Å². The number of unbranched alkanes of at least 4 members (excludes halogenated alkanes) is 3. The molecule has 0 aliphatic heterocycles. The lowest BCUT2D eigenvalue weighted by atomic mass is 10.1. The zero-order valence-electron chi connectivity index (χ0n) is 20.7. The van der Waals surface area contributed by atoms with Gasteiger partial charge in [-0.3, -0.25) is 4.79 Å². The van der Waals surface area contributed by atoms with E-state index in [0.717, 1.165) is 47.5 Å². The highest BCUT2D eigenvalue weighted by Gasteiger charge is 2.09. The summed E-state index contributed by atoms with van der Waals surface area (Å²) in [5, 5.41) is 12.0. The fourth-order valence-electron chi connectivity index (χ4n) is 3.73. The molecular formula is C30H31N3O4. The van der Waals surface area contributed by atoms with E-state index in [2.05, 4.69) is 10.3 Å². The number of carboxylic acids is 1. The van der Waals surface area contributed by atoms with Crippen LogP contribution in [0.2, 0.25) is 0 Å². The normalized spacial score (nSPS) is 10.6. The van der Waals surface area contributed by atoms with Crippen molar-refractivity contribution < 1.29 is 19.4 Å². The second-order valence-corrected chi connectivity index (χ2v) is 8.61. The number of carbonyl (C=O) groups is 1. The average Bonchev–Trinajstić information content (AvgIpc) is 2.93. The van der Waals surface area contributed by atoms with E-state index in [9.17, 15) is 4.79 Å². The first kappa shape index (κ1) is 25.7. The molecule has 2 N–H and O–H groups in total. The Morgan fingerprint density at radius 3 is 2.22 bits per heavy atom. The van der Waals surface area contributed by atoms with E-state index in [1.54, 1.807) is 0 Å². The van der Waals surface area contributed by atoms with Crippen LogP contribution in [0.4, 0.5) is 11.6 Å². The summed E-state index contributed by atoms with van der Waals surface area (Å²) in [4.78, 5) is 19.8. The van der Waals surface area contributed by atoms with Crippen molar-refractivity contribution in [2.45, 2.75) is 38.7 Å². The molecule has 0 fully saturated rings. The number of aromatic nitrogens is 2. The van der Waals surface area contributed by atoms with Crippen LogP contribution in [0.5, 0.6) is 11.6 Å². The van der Waals surface area contributed by atoms with Crippen LogP contribution in [0, 0.1) is 0 Å². The fourth-order valence-corrected chi connectivity index (χ4v) is 3.73. The summed E-state index contributed by atoms with van der Waals surface area (Å²) in [7, 11) is 0. The zero-order chi connectivity index (χ0) is 25.7. The molecule has 7 nitrogen and oxygen atoms in total. The number of ether oxygens (including phenoxy) is 2. The quantitative estimate of drug-likeness (QED) is 0.183. The maximum atomic E-state index is 10.6. The Bertz CT molecular complexity index is 1250. The van der Waals surface area contributed by atoms with Gasteiger partial charge in [0.25, 0.3) is 0 Å². The number of benzene rings is 3. The van der Waals surface area contributed by atoms with Crippen molar-refractivity contribution in [3.8, 4) is 22.9 Å². The zero-order valence-corrected chi connectivity index (χ0v) is 20.7. The molecule has 1 aromatic heterocycles. The average molecular weight is 498 g/mol. The molecule has 190 valence electrons. The van der Waals surface area contributed by atoms with Crippen molar-refractivity contribution in [1.82, 2.24) is 9.97 Å². The lowest BCUT2D eigenvalue weighted by Crippen LogP contribution is -2.03. The number of hydrogen-bond acceptors (Lipinski definition) is 6. The molecule has 0 saturated heterocycles. The fraction of sp³-hybridized carbons (Fsp3) is 0.233. The van der Waals surface area contributed by atoms with Crippen molar-refractivity contribution in [2.24, 2.45) is 0 Å². The van der Waals surface area contributed by atoms with E-state index in [4.69, 9.17) is 19.6 Å². The Morgan fingerprint density at radius 2 is 1.49 bits per heavy atom. The maximum Gasteiger partial charge on any atom is 0.303 e. The van der Waals surface area contributed by atoms with Crippen LogP contribution in [0.25, 0.3) is 11.3 Å². The van der Waals surface area contributed by atoms with Gasteiger partial charge in [0, 0.05) is 23.7 Å². The molecule has 0 aliphatic carbocycles. The number of aliphatic carboxylic acids is 1. The molecule has 1 heterocycles. The summed E-state index contributed by atoms with van der Waals surface area (Å²) >= 11 is 0. The van der Waals surface area contributed by atoms with Gasteiger partial charge in [-0.25, -0.2) is 4.98 Å². The minimum absolute atomic E-state index is 0.230. The molecule has 0 bridgehead atoms.